The maximum Gasteiger partial charge on any atom is 0.160 e. The fourth-order valence-electron chi connectivity index (χ4n) is 8.77. The van der Waals surface area contributed by atoms with Crippen molar-refractivity contribution < 1.29 is 0 Å². The van der Waals surface area contributed by atoms with Crippen LogP contribution in [-0.4, -0.2) is 15.0 Å². The van der Waals surface area contributed by atoms with Gasteiger partial charge in [0.15, 0.2) is 5.82 Å². The monoisotopic (exact) mass is 737 g/mol. The summed E-state index contributed by atoms with van der Waals surface area (Å²) in [6.45, 7) is 0. The van der Waals surface area contributed by atoms with E-state index >= 15 is 0 Å². The van der Waals surface area contributed by atoms with E-state index in [9.17, 15) is 0 Å². The second-order valence-electron chi connectivity index (χ2n) is 14.7. The predicted octanol–water partition coefficient (Wildman–Crippen LogP) is 14.5. The summed E-state index contributed by atoms with van der Waals surface area (Å²) in [5, 5.41) is 9.88. The van der Waals surface area contributed by atoms with Crippen molar-refractivity contribution in [2.24, 2.45) is 0 Å². The molecule has 2 aromatic heterocycles. The topological polar surface area (TPSA) is 38.7 Å². The number of aromatic nitrogens is 3. The summed E-state index contributed by atoms with van der Waals surface area (Å²) in [6.07, 6.45) is 3.67. The highest BCUT2D eigenvalue weighted by Gasteiger charge is 2.20. The number of benzene rings is 9. The largest absolute Gasteiger partial charge is 0.265 e. The van der Waals surface area contributed by atoms with Crippen molar-refractivity contribution in [2.45, 2.75) is 0 Å². The standard InChI is InChI=1S/C55H35N3/c1-2-15-37(16-3-1)51-35-52(45-24-9-6-20-41(45)36-29-31-56-32-30-36)58-55(57-51)40-19-14-18-39(33-40)53-46-25-10-12-27-48(46)54(49-28-13-11-26-47(49)53)50-34-38-17-4-5-21-42(38)43-22-7-8-23-44(43)50/h1-35H. The molecule has 270 valence electrons. The van der Waals surface area contributed by atoms with Crippen molar-refractivity contribution in [3.05, 3.63) is 213 Å². The zero-order valence-electron chi connectivity index (χ0n) is 31.5. The van der Waals surface area contributed by atoms with Crippen molar-refractivity contribution in [1.29, 1.82) is 0 Å². The Hall–Kier alpha value is -7.75. The first-order valence-corrected chi connectivity index (χ1v) is 19.7. The Morgan fingerprint density at radius 2 is 0.810 bits per heavy atom. The molecule has 0 aliphatic rings. The van der Waals surface area contributed by atoms with Gasteiger partial charge in [0.2, 0.25) is 0 Å². The Morgan fingerprint density at radius 3 is 1.53 bits per heavy atom. The maximum atomic E-state index is 5.33. The lowest BCUT2D eigenvalue weighted by Crippen LogP contribution is -1.97. The van der Waals surface area contributed by atoms with Gasteiger partial charge in [0.1, 0.15) is 0 Å². The van der Waals surface area contributed by atoms with Crippen LogP contribution in [0.2, 0.25) is 0 Å². The lowest BCUT2D eigenvalue weighted by Gasteiger charge is -2.20. The smallest absolute Gasteiger partial charge is 0.160 e. The normalized spacial score (nSPS) is 11.4. The highest BCUT2D eigenvalue weighted by atomic mass is 14.9. The number of fused-ring (bicyclic) bond motifs is 5. The Balaban J connectivity index is 1.14. The van der Waals surface area contributed by atoms with Crippen molar-refractivity contribution in [3.8, 4) is 67.3 Å². The van der Waals surface area contributed by atoms with Crippen LogP contribution in [0.25, 0.3) is 110 Å². The quantitative estimate of drug-likeness (QED) is 0.126. The van der Waals surface area contributed by atoms with Gasteiger partial charge >= 0.3 is 0 Å². The summed E-state index contributed by atoms with van der Waals surface area (Å²) in [6, 6.07) is 71.5. The summed E-state index contributed by atoms with van der Waals surface area (Å²) in [5.41, 5.74) is 11.8. The minimum absolute atomic E-state index is 0.676. The predicted molar refractivity (Wildman–Crippen MR) is 242 cm³/mol. The molecule has 0 radical (unpaired) electrons. The van der Waals surface area contributed by atoms with Gasteiger partial charge in [-0.15, -0.1) is 0 Å². The second-order valence-corrected chi connectivity index (χ2v) is 14.7. The van der Waals surface area contributed by atoms with Gasteiger partial charge in [-0.1, -0.05) is 170 Å². The Labute approximate surface area is 336 Å². The molecular weight excluding hydrogens is 703 g/mol. The molecule has 11 aromatic rings. The third kappa shape index (κ3) is 5.72. The second kappa shape index (κ2) is 14.1. The molecule has 0 N–H and O–H groups in total. The molecule has 0 unspecified atom stereocenters. The van der Waals surface area contributed by atoms with E-state index in [-0.39, 0.29) is 0 Å². The summed E-state index contributed by atoms with van der Waals surface area (Å²) in [7, 11) is 0. The van der Waals surface area contributed by atoms with Gasteiger partial charge in [-0.3, -0.25) is 4.98 Å². The highest BCUT2D eigenvalue weighted by Crippen LogP contribution is 2.47. The number of pyridine rings is 1. The van der Waals surface area contributed by atoms with Crippen molar-refractivity contribution in [1.82, 2.24) is 15.0 Å². The van der Waals surface area contributed by atoms with Gasteiger partial charge in [0.25, 0.3) is 0 Å². The van der Waals surface area contributed by atoms with Crippen LogP contribution < -0.4 is 0 Å². The SMILES string of the molecule is c1ccc(-c2cc(-c3ccccc3-c3ccncc3)nc(-c3cccc(-c4c5ccccc5c(-c5cc6ccccc6c6ccccc56)c5ccccc45)c3)n2)cc1. The average molecular weight is 738 g/mol. The number of hydrogen-bond donors (Lipinski definition) is 0. The van der Waals surface area contributed by atoms with E-state index in [1.165, 1.54) is 59.8 Å². The highest BCUT2D eigenvalue weighted by molar-refractivity contribution is 6.25. The average Bonchev–Trinajstić information content (AvgIpc) is 3.31. The van der Waals surface area contributed by atoms with Crippen LogP contribution in [0.3, 0.4) is 0 Å². The first kappa shape index (κ1) is 33.6. The summed E-state index contributed by atoms with van der Waals surface area (Å²) >= 11 is 0. The zero-order chi connectivity index (χ0) is 38.4. The molecule has 0 amide bonds. The molecule has 58 heavy (non-hydrogen) atoms. The number of nitrogens with zero attached hydrogens (tertiary/aromatic N) is 3. The van der Waals surface area contributed by atoms with Gasteiger partial charge < -0.3 is 0 Å². The minimum Gasteiger partial charge on any atom is -0.265 e. The van der Waals surface area contributed by atoms with Gasteiger partial charge in [-0.25, -0.2) is 9.97 Å². The van der Waals surface area contributed by atoms with Crippen LogP contribution in [0.4, 0.5) is 0 Å². The van der Waals surface area contributed by atoms with Gasteiger partial charge in [-0.2, -0.15) is 0 Å². The molecule has 0 aliphatic heterocycles. The molecule has 0 bridgehead atoms. The molecule has 3 nitrogen and oxygen atoms in total. The molecule has 0 fully saturated rings. The molecule has 0 spiro atoms. The van der Waals surface area contributed by atoms with Crippen LogP contribution in [0, 0.1) is 0 Å². The lowest BCUT2D eigenvalue weighted by molar-refractivity contribution is 1.18. The Bertz CT molecular complexity index is 3280. The molecule has 3 heteroatoms. The van der Waals surface area contributed by atoms with E-state index in [0.717, 1.165) is 44.8 Å². The maximum absolute atomic E-state index is 5.33. The summed E-state index contributed by atoms with van der Waals surface area (Å²) in [5.74, 6) is 0.676. The lowest BCUT2D eigenvalue weighted by atomic mass is 9.83. The van der Waals surface area contributed by atoms with Crippen LogP contribution in [0.5, 0.6) is 0 Å². The van der Waals surface area contributed by atoms with E-state index in [2.05, 4.69) is 187 Å². The number of hydrogen-bond acceptors (Lipinski definition) is 3. The van der Waals surface area contributed by atoms with Gasteiger partial charge in [-0.05, 0) is 107 Å². The van der Waals surface area contributed by atoms with Crippen LogP contribution in [0.15, 0.2) is 213 Å². The summed E-state index contributed by atoms with van der Waals surface area (Å²) < 4.78 is 0. The van der Waals surface area contributed by atoms with Crippen molar-refractivity contribution in [3.63, 3.8) is 0 Å². The van der Waals surface area contributed by atoms with E-state index < -0.39 is 0 Å². The molecular formula is C55H35N3. The van der Waals surface area contributed by atoms with Crippen LogP contribution in [-0.2, 0) is 0 Å². The van der Waals surface area contributed by atoms with Crippen LogP contribution in [0.1, 0.15) is 0 Å². The first-order valence-electron chi connectivity index (χ1n) is 19.7. The van der Waals surface area contributed by atoms with Crippen LogP contribution >= 0.6 is 0 Å². The first-order chi connectivity index (χ1) is 28.8. The molecule has 2 heterocycles. The Kier molecular flexibility index (Phi) is 8.15. The van der Waals surface area contributed by atoms with E-state index in [4.69, 9.17) is 9.97 Å². The molecule has 0 aliphatic carbocycles. The fourth-order valence-corrected chi connectivity index (χ4v) is 8.77. The van der Waals surface area contributed by atoms with Crippen molar-refractivity contribution >= 4 is 43.1 Å². The molecule has 0 saturated carbocycles. The molecule has 11 rings (SSSR count). The van der Waals surface area contributed by atoms with E-state index in [1.807, 2.05) is 30.6 Å². The molecule has 9 aromatic carbocycles. The summed E-state index contributed by atoms with van der Waals surface area (Å²) in [4.78, 5) is 14.8. The minimum atomic E-state index is 0.676. The van der Waals surface area contributed by atoms with Gasteiger partial charge in [0, 0.05) is 29.1 Å². The molecule has 0 saturated heterocycles. The molecule has 0 atom stereocenters. The third-order valence-corrected chi connectivity index (χ3v) is 11.4. The van der Waals surface area contributed by atoms with Gasteiger partial charge in [0.05, 0.1) is 11.4 Å². The third-order valence-electron chi connectivity index (χ3n) is 11.4. The van der Waals surface area contributed by atoms with E-state index in [1.54, 1.807) is 0 Å². The fraction of sp³-hybridized carbons (Fsp3) is 0. The number of rotatable bonds is 6. The zero-order valence-corrected chi connectivity index (χ0v) is 31.5. The van der Waals surface area contributed by atoms with Crippen molar-refractivity contribution in [2.75, 3.05) is 0 Å². The Morgan fingerprint density at radius 1 is 0.276 bits per heavy atom. The van der Waals surface area contributed by atoms with E-state index in [0.29, 0.717) is 5.82 Å².